The Morgan fingerprint density at radius 3 is 2.36 bits per heavy atom. The van der Waals surface area contributed by atoms with Crippen LogP contribution in [-0.2, 0) is 11.3 Å². The lowest BCUT2D eigenvalue weighted by Gasteiger charge is -2.27. The third-order valence-corrected chi connectivity index (χ3v) is 4.25. The second-order valence-corrected chi connectivity index (χ2v) is 6.09. The van der Waals surface area contributed by atoms with Crippen LogP contribution in [0, 0.1) is 0 Å². The molecule has 2 aromatic rings. The average molecular weight is 338 g/mol. The first-order valence-corrected chi connectivity index (χ1v) is 8.60. The molecular formula is C20H22N2O3. The van der Waals surface area contributed by atoms with E-state index in [1.807, 2.05) is 35.2 Å². The number of rotatable bonds is 4. The van der Waals surface area contributed by atoms with Crippen LogP contribution in [0.5, 0.6) is 0 Å². The maximum absolute atomic E-state index is 12.7. The third-order valence-electron chi connectivity index (χ3n) is 4.25. The number of ether oxygens (including phenoxy) is 1. The van der Waals surface area contributed by atoms with E-state index in [0.29, 0.717) is 11.3 Å². The fourth-order valence-electron chi connectivity index (χ4n) is 2.92. The molecule has 1 N–H and O–H groups in total. The molecule has 1 fully saturated rings. The zero-order chi connectivity index (χ0) is 17.5. The number of hydrogen-bond donors (Lipinski definition) is 1. The monoisotopic (exact) mass is 338 g/mol. The van der Waals surface area contributed by atoms with Crippen LogP contribution in [0.3, 0.4) is 0 Å². The van der Waals surface area contributed by atoms with E-state index >= 15 is 0 Å². The van der Waals surface area contributed by atoms with E-state index in [-0.39, 0.29) is 12.5 Å². The number of para-hydroxylation sites is 1. The second-order valence-electron chi connectivity index (χ2n) is 6.09. The van der Waals surface area contributed by atoms with Gasteiger partial charge in [0.05, 0.1) is 11.3 Å². The molecule has 5 heteroatoms. The smallest absolute Gasteiger partial charge is 0.411 e. The molecule has 2 aromatic carbocycles. The normalized spacial score (nSPS) is 14.0. The lowest BCUT2D eigenvalue weighted by Crippen LogP contribution is -2.36. The number of nitrogens with zero attached hydrogens (tertiary/aromatic N) is 1. The number of hydrogen-bond acceptors (Lipinski definition) is 3. The van der Waals surface area contributed by atoms with E-state index in [9.17, 15) is 9.59 Å². The van der Waals surface area contributed by atoms with Crippen molar-refractivity contribution in [1.82, 2.24) is 4.90 Å². The van der Waals surface area contributed by atoms with Crippen molar-refractivity contribution in [1.29, 1.82) is 0 Å². The van der Waals surface area contributed by atoms with Gasteiger partial charge in [0.15, 0.2) is 0 Å². The number of nitrogens with one attached hydrogen (secondary N) is 1. The highest BCUT2D eigenvalue weighted by atomic mass is 16.5. The zero-order valence-corrected chi connectivity index (χ0v) is 14.1. The van der Waals surface area contributed by atoms with Crippen LogP contribution in [-0.4, -0.2) is 30.0 Å². The van der Waals surface area contributed by atoms with Crippen molar-refractivity contribution >= 4 is 17.7 Å². The van der Waals surface area contributed by atoms with Gasteiger partial charge in [0.25, 0.3) is 5.91 Å². The molecule has 25 heavy (non-hydrogen) atoms. The second kappa shape index (κ2) is 8.33. The van der Waals surface area contributed by atoms with Gasteiger partial charge in [-0.2, -0.15) is 0 Å². The Bertz CT molecular complexity index is 725. The van der Waals surface area contributed by atoms with Gasteiger partial charge in [-0.3, -0.25) is 10.1 Å². The molecule has 130 valence electrons. The van der Waals surface area contributed by atoms with Crippen molar-refractivity contribution in [2.45, 2.75) is 25.9 Å². The third kappa shape index (κ3) is 4.59. The minimum Gasteiger partial charge on any atom is -0.444 e. The van der Waals surface area contributed by atoms with Gasteiger partial charge in [0.1, 0.15) is 6.61 Å². The van der Waals surface area contributed by atoms with E-state index in [1.165, 1.54) is 0 Å². The summed E-state index contributed by atoms with van der Waals surface area (Å²) in [7, 11) is 0. The number of benzene rings is 2. The van der Waals surface area contributed by atoms with E-state index in [0.717, 1.165) is 37.9 Å². The number of amides is 2. The maximum Gasteiger partial charge on any atom is 0.411 e. The molecular weight excluding hydrogens is 316 g/mol. The summed E-state index contributed by atoms with van der Waals surface area (Å²) in [4.78, 5) is 26.6. The van der Waals surface area contributed by atoms with E-state index in [1.54, 1.807) is 24.3 Å². The fraction of sp³-hybridized carbons (Fsp3) is 0.300. The first-order chi connectivity index (χ1) is 12.2. The number of piperidine rings is 1. The number of likely N-dealkylation sites (tertiary alicyclic amines) is 1. The van der Waals surface area contributed by atoms with Gasteiger partial charge in [0, 0.05) is 13.1 Å². The Hall–Kier alpha value is -2.82. The van der Waals surface area contributed by atoms with Crippen LogP contribution >= 0.6 is 0 Å². The van der Waals surface area contributed by atoms with Gasteiger partial charge in [-0.05, 0) is 37.0 Å². The molecule has 1 aliphatic heterocycles. The van der Waals surface area contributed by atoms with E-state index < -0.39 is 6.09 Å². The standard InChI is InChI=1S/C20H22N2O3/c23-19(22-13-7-2-8-14-22)17-11-5-6-12-18(17)21-20(24)25-15-16-9-3-1-4-10-16/h1,3-6,9-12H,2,7-8,13-15H2,(H,21,24). The molecule has 1 aliphatic rings. The Labute approximate surface area is 147 Å². The summed E-state index contributed by atoms with van der Waals surface area (Å²) in [6.45, 7) is 1.73. The molecule has 0 aliphatic carbocycles. The summed E-state index contributed by atoms with van der Waals surface area (Å²) >= 11 is 0. The Balaban J connectivity index is 1.64. The van der Waals surface area contributed by atoms with Gasteiger partial charge < -0.3 is 9.64 Å². The summed E-state index contributed by atoms with van der Waals surface area (Å²) in [5.41, 5.74) is 1.90. The molecule has 0 bridgehead atoms. The molecule has 0 saturated carbocycles. The number of anilines is 1. The minimum atomic E-state index is -0.567. The molecule has 5 nitrogen and oxygen atoms in total. The van der Waals surface area contributed by atoms with Crippen LogP contribution in [0.4, 0.5) is 10.5 Å². The van der Waals surface area contributed by atoms with Crippen molar-refractivity contribution in [3.05, 3.63) is 65.7 Å². The Morgan fingerprint density at radius 2 is 1.60 bits per heavy atom. The number of carbonyl (C=O) groups is 2. The lowest BCUT2D eigenvalue weighted by molar-refractivity contribution is 0.0725. The van der Waals surface area contributed by atoms with Crippen LogP contribution in [0.1, 0.15) is 35.2 Å². The molecule has 0 aromatic heterocycles. The van der Waals surface area contributed by atoms with Crippen molar-refractivity contribution < 1.29 is 14.3 Å². The highest BCUT2D eigenvalue weighted by Gasteiger charge is 2.21. The summed E-state index contributed by atoms with van der Waals surface area (Å²) in [5.74, 6) is -0.0429. The largest absolute Gasteiger partial charge is 0.444 e. The van der Waals surface area contributed by atoms with Gasteiger partial charge >= 0.3 is 6.09 Å². The minimum absolute atomic E-state index is 0.0429. The molecule has 0 radical (unpaired) electrons. The highest BCUT2D eigenvalue weighted by molar-refractivity contribution is 6.02. The summed E-state index contributed by atoms with van der Waals surface area (Å²) in [6.07, 6.45) is 2.65. The van der Waals surface area contributed by atoms with Gasteiger partial charge in [-0.15, -0.1) is 0 Å². The van der Waals surface area contributed by atoms with Crippen LogP contribution < -0.4 is 5.32 Å². The van der Waals surface area contributed by atoms with Crippen molar-refractivity contribution in [2.24, 2.45) is 0 Å². The van der Waals surface area contributed by atoms with Crippen molar-refractivity contribution in [3.8, 4) is 0 Å². The molecule has 0 unspecified atom stereocenters. The van der Waals surface area contributed by atoms with Crippen molar-refractivity contribution in [3.63, 3.8) is 0 Å². The van der Waals surface area contributed by atoms with Crippen molar-refractivity contribution in [2.75, 3.05) is 18.4 Å². The van der Waals surface area contributed by atoms with Crippen LogP contribution in [0.25, 0.3) is 0 Å². The molecule has 0 spiro atoms. The summed E-state index contributed by atoms with van der Waals surface area (Å²) in [5, 5.41) is 2.69. The quantitative estimate of drug-likeness (QED) is 0.914. The first-order valence-electron chi connectivity index (χ1n) is 8.60. The summed E-state index contributed by atoms with van der Waals surface area (Å²) < 4.78 is 5.24. The maximum atomic E-state index is 12.7. The predicted octanol–water partition coefficient (Wildman–Crippen LogP) is 4.06. The lowest BCUT2D eigenvalue weighted by atomic mass is 10.1. The molecule has 2 amide bonds. The van der Waals surface area contributed by atoms with Gasteiger partial charge in [-0.1, -0.05) is 42.5 Å². The Kier molecular flexibility index (Phi) is 5.67. The SMILES string of the molecule is O=C(Nc1ccccc1C(=O)N1CCCCC1)OCc1ccccc1. The van der Waals surface area contributed by atoms with Gasteiger partial charge in [-0.25, -0.2) is 4.79 Å². The van der Waals surface area contributed by atoms with E-state index in [2.05, 4.69) is 5.32 Å². The predicted molar refractivity (Wildman–Crippen MR) is 96.4 cm³/mol. The summed E-state index contributed by atoms with van der Waals surface area (Å²) in [6, 6.07) is 16.5. The topological polar surface area (TPSA) is 58.6 Å². The highest BCUT2D eigenvalue weighted by Crippen LogP contribution is 2.20. The Morgan fingerprint density at radius 1 is 0.920 bits per heavy atom. The zero-order valence-electron chi connectivity index (χ0n) is 14.1. The molecule has 0 atom stereocenters. The molecule has 1 saturated heterocycles. The average Bonchev–Trinajstić information content (AvgIpc) is 2.68. The van der Waals surface area contributed by atoms with E-state index in [4.69, 9.17) is 4.74 Å². The molecule has 3 rings (SSSR count). The fourth-order valence-corrected chi connectivity index (χ4v) is 2.92. The van der Waals surface area contributed by atoms with Crippen LogP contribution in [0.2, 0.25) is 0 Å². The molecule has 1 heterocycles. The van der Waals surface area contributed by atoms with Gasteiger partial charge in [0.2, 0.25) is 0 Å². The van der Waals surface area contributed by atoms with Crippen LogP contribution in [0.15, 0.2) is 54.6 Å². The number of carbonyl (C=O) groups excluding carboxylic acids is 2. The first kappa shape index (κ1) is 17.0.